The van der Waals surface area contributed by atoms with Crippen LogP contribution in [0.2, 0.25) is 19.6 Å². The highest BCUT2D eigenvalue weighted by atomic mass is 28.3. The molecule has 0 atom stereocenters. The zero-order valence-corrected chi connectivity index (χ0v) is 15.0. The van der Waals surface area contributed by atoms with Crippen LogP contribution in [0.5, 0.6) is 0 Å². The Kier molecular flexibility index (Phi) is 11.0. The van der Waals surface area contributed by atoms with Crippen LogP contribution >= 0.6 is 0 Å². The molecule has 0 heterocycles. The quantitative estimate of drug-likeness (QED) is 0.506. The summed E-state index contributed by atoms with van der Waals surface area (Å²) in [5.41, 5.74) is 4.02. The highest BCUT2D eigenvalue weighted by molar-refractivity contribution is 6.54. The molecule has 0 unspecified atom stereocenters. The molecule has 0 fully saturated rings. The van der Waals surface area contributed by atoms with E-state index in [2.05, 4.69) is 94.0 Å². The van der Waals surface area contributed by atoms with Gasteiger partial charge in [0.1, 0.15) is 0 Å². The third kappa shape index (κ3) is 8.89. The van der Waals surface area contributed by atoms with E-state index < -0.39 is 0 Å². The molecular formula is C20H28Si. The van der Waals surface area contributed by atoms with Gasteiger partial charge in [-0.2, -0.15) is 0 Å². The minimum Gasteiger partial charge on any atom is -0.124 e. The Hall–Kier alpha value is -1.78. The molecule has 0 amide bonds. The Morgan fingerprint density at radius 2 is 1.19 bits per heavy atom. The highest BCUT2D eigenvalue weighted by Gasteiger charge is 1.96. The first-order valence-corrected chi connectivity index (χ1v) is 11.1. The van der Waals surface area contributed by atoms with Gasteiger partial charge in [0.05, 0.1) is 0 Å². The zero-order valence-electron chi connectivity index (χ0n) is 13.8. The predicted octanol–water partition coefficient (Wildman–Crippen LogP) is 5.66. The molecule has 0 radical (unpaired) electrons. The van der Waals surface area contributed by atoms with Crippen molar-refractivity contribution >= 4 is 8.80 Å². The summed E-state index contributed by atoms with van der Waals surface area (Å²) in [4.78, 5) is 0. The summed E-state index contributed by atoms with van der Waals surface area (Å²) >= 11 is 0. The molecule has 0 N–H and O–H groups in total. The second kappa shape index (κ2) is 12.0. The normalized spacial score (nSPS) is 9.10. The molecule has 0 aliphatic carbocycles. The predicted molar refractivity (Wildman–Crippen MR) is 101 cm³/mol. The number of rotatable bonds is 3. The van der Waals surface area contributed by atoms with Gasteiger partial charge in [-0.1, -0.05) is 87.6 Å². The van der Waals surface area contributed by atoms with Gasteiger partial charge in [0.15, 0.2) is 0 Å². The van der Waals surface area contributed by atoms with Crippen molar-refractivity contribution in [2.24, 2.45) is 0 Å². The summed E-state index contributed by atoms with van der Waals surface area (Å²) in [5.74, 6) is 0. The van der Waals surface area contributed by atoms with Crippen molar-refractivity contribution in [3.8, 4) is 24.0 Å². The van der Waals surface area contributed by atoms with Crippen molar-refractivity contribution in [1.29, 1.82) is 0 Å². The molecule has 0 aliphatic rings. The lowest BCUT2D eigenvalue weighted by Crippen LogP contribution is -1.84. The maximum absolute atomic E-state index is 4.00. The van der Waals surface area contributed by atoms with E-state index in [1.54, 1.807) is 0 Å². The van der Waals surface area contributed by atoms with Gasteiger partial charge >= 0.3 is 0 Å². The van der Waals surface area contributed by atoms with Crippen LogP contribution < -0.4 is 0 Å². The van der Waals surface area contributed by atoms with Crippen LogP contribution in [0.4, 0.5) is 0 Å². The lowest BCUT2D eigenvalue weighted by Gasteiger charge is -2.03. The van der Waals surface area contributed by atoms with Crippen molar-refractivity contribution in [2.75, 3.05) is 0 Å². The zero-order chi connectivity index (χ0) is 16.1. The maximum Gasteiger partial charge on any atom is 0.0274 e. The van der Waals surface area contributed by atoms with E-state index in [0.29, 0.717) is 0 Å². The van der Waals surface area contributed by atoms with Gasteiger partial charge in [0.2, 0.25) is 0 Å². The molecule has 0 aromatic heterocycles. The molecule has 1 heteroatoms. The van der Waals surface area contributed by atoms with Crippen LogP contribution in [0.1, 0.15) is 18.9 Å². The van der Waals surface area contributed by atoms with Crippen molar-refractivity contribution in [1.82, 2.24) is 0 Å². The summed E-state index contributed by atoms with van der Waals surface area (Å²) in [6, 6.07) is 19.4. The summed E-state index contributed by atoms with van der Waals surface area (Å²) in [6.45, 7) is 9.13. The fourth-order valence-electron chi connectivity index (χ4n) is 1.78. The van der Waals surface area contributed by atoms with Crippen LogP contribution in [-0.4, -0.2) is 8.80 Å². The first kappa shape index (κ1) is 19.2. The van der Waals surface area contributed by atoms with E-state index in [-0.39, 0.29) is 8.80 Å². The van der Waals surface area contributed by atoms with Crippen LogP contribution in [0, 0.1) is 12.8 Å². The van der Waals surface area contributed by atoms with Crippen LogP contribution in [0.3, 0.4) is 0 Å². The SMILES string of the molecule is C#C.CCCc1ccc(-c2ccccc2)cc1.C[SiH](C)C. The monoisotopic (exact) mass is 296 g/mol. The third-order valence-corrected chi connectivity index (χ3v) is 2.60. The van der Waals surface area contributed by atoms with E-state index in [4.69, 9.17) is 0 Å². The maximum atomic E-state index is 4.00. The highest BCUT2D eigenvalue weighted by Crippen LogP contribution is 2.19. The van der Waals surface area contributed by atoms with Gasteiger partial charge in [-0.05, 0) is 23.1 Å². The molecule has 0 aliphatic heterocycles. The molecule has 0 nitrogen and oxygen atoms in total. The number of hydrogen-bond donors (Lipinski definition) is 0. The molecule has 0 saturated heterocycles. The average Bonchev–Trinajstić information content (AvgIpc) is 2.51. The number of hydrogen-bond acceptors (Lipinski definition) is 0. The fourth-order valence-corrected chi connectivity index (χ4v) is 1.78. The Bertz CT molecular complexity index is 477. The van der Waals surface area contributed by atoms with E-state index >= 15 is 0 Å². The molecule has 112 valence electrons. The van der Waals surface area contributed by atoms with Crippen molar-refractivity contribution < 1.29 is 0 Å². The lowest BCUT2D eigenvalue weighted by atomic mass is 10.0. The van der Waals surface area contributed by atoms with Crippen LogP contribution in [0.15, 0.2) is 54.6 Å². The molecule has 0 spiro atoms. The molecule has 2 aromatic rings. The van der Waals surface area contributed by atoms with Crippen LogP contribution in [-0.2, 0) is 6.42 Å². The van der Waals surface area contributed by atoms with E-state index in [1.165, 1.54) is 29.5 Å². The number of benzene rings is 2. The van der Waals surface area contributed by atoms with Crippen molar-refractivity contribution in [3.63, 3.8) is 0 Å². The van der Waals surface area contributed by atoms with E-state index in [9.17, 15) is 0 Å². The largest absolute Gasteiger partial charge is 0.124 e. The summed E-state index contributed by atoms with van der Waals surface area (Å²) in [5, 5.41) is 0. The van der Waals surface area contributed by atoms with Gasteiger partial charge in [0, 0.05) is 8.80 Å². The smallest absolute Gasteiger partial charge is 0.0274 e. The standard InChI is InChI=1S/C15H16.C3H10Si.C2H2/c1-2-6-13-9-11-15(12-10-13)14-7-4-3-5-8-14;1-4(2)3;1-2/h3-5,7-12H,2,6H2,1H3;4H,1-3H3;1-2H. The molecule has 0 saturated carbocycles. The van der Waals surface area contributed by atoms with Gasteiger partial charge in [-0.3, -0.25) is 0 Å². The van der Waals surface area contributed by atoms with Gasteiger partial charge < -0.3 is 0 Å². The topological polar surface area (TPSA) is 0 Å². The molecule has 0 bridgehead atoms. The first-order valence-electron chi connectivity index (χ1n) is 7.61. The Labute approximate surface area is 132 Å². The molecule has 2 aromatic carbocycles. The summed E-state index contributed by atoms with van der Waals surface area (Å²) in [7, 11) is -0.139. The first-order chi connectivity index (χ1) is 10.1. The average molecular weight is 297 g/mol. The summed E-state index contributed by atoms with van der Waals surface area (Å²) in [6.07, 6.45) is 10.4. The fraction of sp³-hybridized carbons (Fsp3) is 0.300. The van der Waals surface area contributed by atoms with E-state index in [1.807, 2.05) is 0 Å². The lowest BCUT2D eigenvalue weighted by molar-refractivity contribution is 0.922. The Balaban J connectivity index is 0.000000579. The minimum absolute atomic E-state index is 0.139. The van der Waals surface area contributed by atoms with E-state index in [0.717, 1.165) is 0 Å². The summed E-state index contributed by atoms with van der Waals surface area (Å²) < 4.78 is 0. The minimum atomic E-state index is -0.139. The number of aryl methyl sites for hydroxylation is 1. The Morgan fingerprint density at radius 1 is 0.762 bits per heavy atom. The molecular weight excluding hydrogens is 268 g/mol. The third-order valence-electron chi connectivity index (χ3n) is 2.60. The van der Waals surface area contributed by atoms with Gasteiger partial charge in [-0.25, -0.2) is 0 Å². The van der Waals surface area contributed by atoms with Gasteiger partial charge in [-0.15, -0.1) is 12.8 Å². The van der Waals surface area contributed by atoms with Crippen LogP contribution in [0.25, 0.3) is 11.1 Å². The second-order valence-electron chi connectivity index (χ2n) is 5.54. The molecule has 21 heavy (non-hydrogen) atoms. The number of terminal acetylenes is 1. The second-order valence-corrected chi connectivity index (χ2v) is 9.01. The Morgan fingerprint density at radius 3 is 1.62 bits per heavy atom. The van der Waals surface area contributed by atoms with Crippen molar-refractivity contribution in [3.05, 3.63) is 60.2 Å². The van der Waals surface area contributed by atoms with Crippen molar-refractivity contribution in [2.45, 2.75) is 39.4 Å². The molecule has 2 rings (SSSR count). The van der Waals surface area contributed by atoms with Gasteiger partial charge in [0.25, 0.3) is 0 Å².